The number of rotatable bonds is 2. The van der Waals surface area contributed by atoms with Gasteiger partial charge in [-0.1, -0.05) is 0 Å². The predicted molar refractivity (Wildman–Crippen MR) is 41.7 cm³/mol. The second-order valence-electron chi connectivity index (χ2n) is 2.24. The molecule has 1 aromatic rings. The summed E-state index contributed by atoms with van der Waals surface area (Å²) in [6, 6.07) is 1.20. The van der Waals surface area contributed by atoms with Gasteiger partial charge < -0.3 is 9.15 Å². The van der Waals surface area contributed by atoms with E-state index in [4.69, 9.17) is 4.74 Å². The Morgan fingerprint density at radius 1 is 1.58 bits per heavy atom. The molecule has 1 rings (SSSR count). The lowest BCUT2D eigenvalue weighted by Crippen LogP contribution is -2.03. The van der Waals surface area contributed by atoms with Crippen LogP contribution in [0.25, 0.3) is 0 Å². The second-order valence-corrected chi connectivity index (χ2v) is 2.24. The molecule has 4 nitrogen and oxygen atoms in total. The highest BCUT2D eigenvalue weighted by Crippen LogP contribution is 2.16. The monoisotopic (exact) mass is 168 g/mol. The summed E-state index contributed by atoms with van der Waals surface area (Å²) in [4.78, 5) is 21.1. The van der Waals surface area contributed by atoms with E-state index in [1.54, 1.807) is 6.92 Å². The molecule has 0 saturated carbocycles. The summed E-state index contributed by atoms with van der Waals surface area (Å²) in [5.74, 6) is 0.382. The lowest BCUT2D eigenvalue weighted by atomic mass is 10.2. The van der Waals surface area contributed by atoms with Crippen LogP contribution < -0.4 is 10.4 Å². The van der Waals surface area contributed by atoms with Gasteiger partial charge in [0.05, 0.1) is 13.2 Å². The van der Waals surface area contributed by atoms with Gasteiger partial charge in [0.2, 0.25) is 0 Å². The highest BCUT2D eigenvalue weighted by atomic mass is 16.5. The Hall–Kier alpha value is -1.58. The van der Waals surface area contributed by atoms with Crippen molar-refractivity contribution >= 4 is 6.29 Å². The molecule has 0 aliphatic carbocycles. The number of carbonyl (C=O) groups excluding carboxylic acids is 1. The van der Waals surface area contributed by atoms with Gasteiger partial charge in [0.15, 0.2) is 12.0 Å². The molecule has 0 bridgehead atoms. The number of ether oxygens (including phenoxy) is 1. The lowest BCUT2D eigenvalue weighted by molar-refractivity contribution is 0.109. The van der Waals surface area contributed by atoms with E-state index in [2.05, 4.69) is 4.42 Å². The van der Waals surface area contributed by atoms with Gasteiger partial charge in [0.25, 0.3) is 0 Å². The molecule has 4 heteroatoms. The van der Waals surface area contributed by atoms with Crippen molar-refractivity contribution in [2.75, 3.05) is 7.11 Å². The maximum atomic E-state index is 10.8. The van der Waals surface area contributed by atoms with Crippen LogP contribution in [0, 0.1) is 6.92 Å². The van der Waals surface area contributed by atoms with E-state index in [1.165, 1.54) is 13.2 Å². The summed E-state index contributed by atoms with van der Waals surface area (Å²) in [6.07, 6.45) is 0.485. The van der Waals surface area contributed by atoms with Gasteiger partial charge in [-0.2, -0.15) is 0 Å². The fraction of sp³-hybridized carbons (Fsp3) is 0.250. The van der Waals surface area contributed by atoms with Crippen molar-refractivity contribution in [1.82, 2.24) is 0 Å². The molecular formula is C8H8O4. The summed E-state index contributed by atoms with van der Waals surface area (Å²) in [5, 5.41) is 0. The Balaban J connectivity index is 3.41. The number of hydrogen-bond acceptors (Lipinski definition) is 4. The molecule has 64 valence electrons. The van der Waals surface area contributed by atoms with Gasteiger partial charge in [-0.05, 0) is 6.92 Å². The van der Waals surface area contributed by atoms with Gasteiger partial charge in [-0.15, -0.1) is 0 Å². The van der Waals surface area contributed by atoms with Crippen molar-refractivity contribution in [3.63, 3.8) is 0 Å². The molecule has 1 aromatic heterocycles. The fourth-order valence-corrected chi connectivity index (χ4v) is 0.876. The summed E-state index contributed by atoms with van der Waals surface area (Å²) >= 11 is 0. The molecule has 0 aromatic carbocycles. The van der Waals surface area contributed by atoms with E-state index in [1.807, 2.05) is 0 Å². The van der Waals surface area contributed by atoms with Gasteiger partial charge in [0.1, 0.15) is 5.75 Å². The van der Waals surface area contributed by atoms with E-state index in [-0.39, 0.29) is 5.76 Å². The first kappa shape index (κ1) is 8.52. The number of methoxy groups -OCH3 is 1. The zero-order valence-electron chi connectivity index (χ0n) is 6.79. The van der Waals surface area contributed by atoms with Crippen molar-refractivity contribution < 1.29 is 13.9 Å². The molecule has 0 aliphatic rings. The van der Waals surface area contributed by atoms with Crippen LogP contribution in [0.1, 0.15) is 16.1 Å². The van der Waals surface area contributed by atoms with Crippen LogP contribution in [0.2, 0.25) is 0 Å². The van der Waals surface area contributed by atoms with Crippen molar-refractivity contribution in [3.05, 3.63) is 27.8 Å². The van der Waals surface area contributed by atoms with Crippen LogP contribution in [0.15, 0.2) is 15.3 Å². The van der Waals surface area contributed by atoms with Crippen molar-refractivity contribution in [1.29, 1.82) is 0 Å². The molecule has 0 saturated heterocycles. The van der Waals surface area contributed by atoms with Crippen LogP contribution in [-0.4, -0.2) is 13.4 Å². The first-order valence-corrected chi connectivity index (χ1v) is 3.33. The Morgan fingerprint density at radius 3 is 2.75 bits per heavy atom. The Labute approximate surface area is 68.8 Å². The molecular weight excluding hydrogens is 160 g/mol. The molecule has 0 fully saturated rings. The lowest BCUT2D eigenvalue weighted by Gasteiger charge is -2.02. The Bertz CT molecular complexity index is 351. The third kappa shape index (κ3) is 1.37. The maximum Gasteiger partial charge on any atom is 0.340 e. The van der Waals surface area contributed by atoms with Crippen LogP contribution in [0.5, 0.6) is 5.75 Å². The van der Waals surface area contributed by atoms with E-state index in [0.29, 0.717) is 17.6 Å². The zero-order valence-corrected chi connectivity index (χ0v) is 6.79. The average molecular weight is 168 g/mol. The molecule has 0 N–H and O–H groups in total. The molecule has 0 spiro atoms. The molecule has 0 atom stereocenters. The van der Waals surface area contributed by atoms with Crippen LogP contribution >= 0.6 is 0 Å². The van der Waals surface area contributed by atoms with Gasteiger partial charge in [-0.25, -0.2) is 4.79 Å². The third-order valence-corrected chi connectivity index (χ3v) is 1.53. The zero-order chi connectivity index (χ0) is 9.14. The quantitative estimate of drug-likeness (QED) is 0.612. The van der Waals surface area contributed by atoms with E-state index >= 15 is 0 Å². The Kier molecular flexibility index (Phi) is 2.28. The summed E-state index contributed by atoms with van der Waals surface area (Å²) in [6.45, 7) is 1.64. The topological polar surface area (TPSA) is 56.5 Å². The highest BCUT2D eigenvalue weighted by molar-refractivity contribution is 5.73. The summed E-state index contributed by atoms with van der Waals surface area (Å²) in [5.41, 5.74) is -0.0494. The number of carbonyl (C=O) groups is 1. The highest BCUT2D eigenvalue weighted by Gasteiger charge is 2.07. The van der Waals surface area contributed by atoms with Gasteiger partial charge >= 0.3 is 5.63 Å². The molecule has 0 amide bonds. The molecule has 0 unspecified atom stereocenters. The van der Waals surface area contributed by atoms with Crippen LogP contribution in [0.4, 0.5) is 0 Å². The molecule has 1 heterocycles. The molecule has 0 aliphatic heterocycles. The van der Waals surface area contributed by atoms with E-state index in [0.717, 1.165) is 0 Å². The van der Waals surface area contributed by atoms with Crippen molar-refractivity contribution in [3.8, 4) is 5.75 Å². The van der Waals surface area contributed by atoms with E-state index in [9.17, 15) is 9.59 Å². The fourth-order valence-electron chi connectivity index (χ4n) is 0.876. The first-order chi connectivity index (χ1) is 5.69. The maximum absolute atomic E-state index is 10.8. The molecule has 12 heavy (non-hydrogen) atoms. The molecule has 0 radical (unpaired) electrons. The SMILES string of the molecule is COc1cc(=O)oc(C=O)c1C. The van der Waals surface area contributed by atoms with Crippen molar-refractivity contribution in [2.45, 2.75) is 6.92 Å². The summed E-state index contributed by atoms with van der Waals surface area (Å²) in [7, 11) is 1.43. The average Bonchev–Trinajstić information content (AvgIpc) is 2.08. The minimum atomic E-state index is -0.584. The second kappa shape index (κ2) is 3.21. The third-order valence-electron chi connectivity index (χ3n) is 1.53. The normalized spacial score (nSPS) is 9.50. The van der Waals surface area contributed by atoms with Gasteiger partial charge in [-0.3, -0.25) is 4.79 Å². The first-order valence-electron chi connectivity index (χ1n) is 3.33. The largest absolute Gasteiger partial charge is 0.496 e. The minimum absolute atomic E-state index is 0.0133. The van der Waals surface area contributed by atoms with Crippen LogP contribution in [0.3, 0.4) is 0 Å². The number of hydrogen-bond donors (Lipinski definition) is 0. The van der Waals surface area contributed by atoms with Crippen molar-refractivity contribution in [2.24, 2.45) is 0 Å². The summed E-state index contributed by atoms with van der Waals surface area (Å²) < 4.78 is 9.45. The van der Waals surface area contributed by atoms with E-state index < -0.39 is 5.63 Å². The Morgan fingerprint density at radius 2 is 2.25 bits per heavy atom. The minimum Gasteiger partial charge on any atom is -0.496 e. The standard InChI is InChI=1S/C8H8O4/c1-5-6(11-2)3-8(10)12-7(5)4-9/h3-4H,1-2H3. The number of aldehydes is 1. The van der Waals surface area contributed by atoms with Gasteiger partial charge in [0, 0.05) is 5.56 Å². The van der Waals surface area contributed by atoms with Crippen LogP contribution in [-0.2, 0) is 0 Å². The predicted octanol–water partition coefficient (Wildman–Crippen LogP) is 0.769. The smallest absolute Gasteiger partial charge is 0.340 e.